The number of benzene rings is 1. The van der Waals surface area contributed by atoms with Crippen molar-refractivity contribution in [3.05, 3.63) is 28.8 Å². The molecule has 0 unspecified atom stereocenters. The maximum atomic E-state index is 12.1. The smallest absolute Gasteiger partial charge is 0.255 e. The molecule has 0 spiro atoms. The molecule has 0 saturated carbocycles. The number of sulfonamides is 1. The minimum absolute atomic E-state index is 0.0748. The van der Waals surface area contributed by atoms with E-state index in [4.69, 9.17) is 11.6 Å². The van der Waals surface area contributed by atoms with Gasteiger partial charge in [0, 0.05) is 27.2 Å². The molecule has 1 aliphatic heterocycles. The van der Waals surface area contributed by atoms with E-state index < -0.39 is 10.0 Å². The molecule has 104 valence electrons. The van der Waals surface area contributed by atoms with E-state index in [0.717, 1.165) is 10.7 Å². The standard InChI is InChI=1S/C12H15ClN2O3S/c1-14(2)19(17,18)9-4-5-11(13)10(8-9)12(16)15-6-3-7-15/h4-5,8H,3,6-7H2,1-2H3. The molecule has 1 aromatic carbocycles. The second-order valence-corrected chi connectivity index (χ2v) is 7.13. The van der Waals surface area contributed by atoms with Crippen molar-refractivity contribution in [2.45, 2.75) is 11.3 Å². The molecule has 0 aromatic heterocycles. The number of carbonyl (C=O) groups excluding carboxylic acids is 1. The Hall–Kier alpha value is -1.11. The lowest BCUT2D eigenvalue weighted by Gasteiger charge is -2.31. The van der Waals surface area contributed by atoms with Crippen LogP contribution >= 0.6 is 11.6 Å². The van der Waals surface area contributed by atoms with Crippen LogP contribution in [0.25, 0.3) is 0 Å². The quantitative estimate of drug-likeness (QED) is 0.849. The number of nitrogens with zero attached hydrogens (tertiary/aromatic N) is 2. The Bertz CT molecular complexity index is 609. The van der Waals surface area contributed by atoms with Gasteiger partial charge in [0.05, 0.1) is 15.5 Å². The van der Waals surface area contributed by atoms with Crippen LogP contribution < -0.4 is 0 Å². The third kappa shape index (κ3) is 2.61. The highest BCUT2D eigenvalue weighted by atomic mass is 35.5. The van der Waals surface area contributed by atoms with Crippen LogP contribution in [0, 0.1) is 0 Å². The first-order chi connectivity index (χ1) is 8.84. The molecule has 2 rings (SSSR count). The summed E-state index contributed by atoms with van der Waals surface area (Å²) in [5.74, 6) is -0.216. The minimum Gasteiger partial charge on any atom is -0.338 e. The Balaban J connectivity index is 2.43. The maximum Gasteiger partial charge on any atom is 0.255 e. The van der Waals surface area contributed by atoms with Crippen LogP contribution in [0.4, 0.5) is 0 Å². The van der Waals surface area contributed by atoms with Gasteiger partial charge in [-0.25, -0.2) is 12.7 Å². The normalized spacial score (nSPS) is 15.5. The second kappa shape index (κ2) is 5.11. The minimum atomic E-state index is -3.56. The van der Waals surface area contributed by atoms with Crippen LogP contribution in [0.3, 0.4) is 0 Å². The van der Waals surface area contributed by atoms with Crippen LogP contribution in [0.1, 0.15) is 16.8 Å². The second-order valence-electron chi connectivity index (χ2n) is 4.57. The topological polar surface area (TPSA) is 57.7 Å². The van der Waals surface area contributed by atoms with Gasteiger partial charge in [-0.05, 0) is 24.6 Å². The van der Waals surface area contributed by atoms with E-state index in [2.05, 4.69) is 0 Å². The average molecular weight is 303 g/mol. The summed E-state index contributed by atoms with van der Waals surface area (Å²) in [5.41, 5.74) is 0.240. The SMILES string of the molecule is CN(C)S(=O)(=O)c1ccc(Cl)c(C(=O)N2CCC2)c1. The summed E-state index contributed by atoms with van der Waals surface area (Å²) in [5, 5.41) is 0.273. The van der Waals surface area contributed by atoms with Crippen molar-refractivity contribution >= 4 is 27.5 Å². The van der Waals surface area contributed by atoms with Crippen LogP contribution in [0.15, 0.2) is 23.1 Å². The molecular weight excluding hydrogens is 288 g/mol. The molecule has 1 amide bonds. The fourth-order valence-corrected chi connectivity index (χ4v) is 2.86. The van der Waals surface area contributed by atoms with Crippen LogP contribution in [-0.4, -0.2) is 50.7 Å². The summed E-state index contributed by atoms with van der Waals surface area (Å²) in [6.07, 6.45) is 0.971. The molecule has 1 saturated heterocycles. The predicted octanol–water partition coefficient (Wildman–Crippen LogP) is 1.44. The summed E-state index contributed by atoms with van der Waals surface area (Å²) >= 11 is 5.99. The molecule has 1 heterocycles. The number of carbonyl (C=O) groups is 1. The number of amides is 1. The van der Waals surface area contributed by atoms with Gasteiger partial charge in [0.2, 0.25) is 10.0 Å². The largest absolute Gasteiger partial charge is 0.338 e. The van der Waals surface area contributed by atoms with Crippen molar-refractivity contribution in [3.63, 3.8) is 0 Å². The Kier molecular flexibility index (Phi) is 3.85. The van der Waals surface area contributed by atoms with Gasteiger partial charge < -0.3 is 4.90 Å². The highest BCUT2D eigenvalue weighted by molar-refractivity contribution is 7.89. The average Bonchev–Trinajstić information content (AvgIpc) is 2.26. The van der Waals surface area contributed by atoms with E-state index in [0.29, 0.717) is 13.1 Å². The number of hydrogen-bond donors (Lipinski definition) is 0. The molecule has 1 fully saturated rings. The van der Waals surface area contributed by atoms with Crippen LogP contribution in [0.5, 0.6) is 0 Å². The van der Waals surface area contributed by atoms with Crippen molar-refractivity contribution < 1.29 is 13.2 Å². The fourth-order valence-electron chi connectivity index (χ4n) is 1.73. The Labute approximate surface area is 117 Å². The molecule has 1 aromatic rings. The highest BCUT2D eigenvalue weighted by Crippen LogP contribution is 2.24. The van der Waals surface area contributed by atoms with Crippen LogP contribution in [-0.2, 0) is 10.0 Å². The van der Waals surface area contributed by atoms with E-state index in [-0.39, 0.29) is 21.4 Å². The molecule has 1 aliphatic rings. The van der Waals surface area contributed by atoms with Crippen molar-refractivity contribution in [2.24, 2.45) is 0 Å². The van der Waals surface area contributed by atoms with E-state index in [9.17, 15) is 13.2 Å². The van der Waals surface area contributed by atoms with E-state index in [1.54, 1.807) is 4.90 Å². The number of rotatable bonds is 3. The van der Waals surface area contributed by atoms with Gasteiger partial charge in [0.1, 0.15) is 0 Å². The molecule has 0 atom stereocenters. The predicted molar refractivity (Wildman–Crippen MR) is 72.8 cm³/mol. The lowest BCUT2D eigenvalue weighted by Crippen LogP contribution is -2.42. The molecule has 0 bridgehead atoms. The summed E-state index contributed by atoms with van der Waals surface area (Å²) in [6.45, 7) is 1.39. The van der Waals surface area contributed by atoms with E-state index in [1.165, 1.54) is 32.3 Å². The Morgan fingerprint density at radius 2 is 1.95 bits per heavy atom. The molecular formula is C12H15ClN2O3S. The first kappa shape index (κ1) is 14.3. The summed E-state index contributed by atoms with van der Waals surface area (Å²) < 4.78 is 25.2. The molecule has 19 heavy (non-hydrogen) atoms. The van der Waals surface area contributed by atoms with Crippen molar-refractivity contribution in [1.82, 2.24) is 9.21 Å². The van der Waals surface area contributed by atoms with Crippen molar-refractivity contribution in [2.75, 3.05) is 27.2 Å². The monoisotopic (exact) mass is 302 g/mol. The first-order valence-electron chi connectivity index (χ1n) is 5.85. The van der Waals surface area contributed by atoms with Gasteiger partial charge >= 0.3 is 0 Å². The van der Waals surface area contributed by atoms with Gasteiger partial charge in [-0.15, -0.1) is 0 Å². The van der Waals surface area contributed by atoms with Gasteiger partial charge in [0.25, 0.3) is 5.91 Å². The van der Waals surface area contributed by atoms with Crippen molar-refractivity contribution in [3.8, 4) is 0 Å². The summed E-state index contributed by atoms with van der Waals surface area (Å²) in [6, 6.07) is 4.20. The summed E-state index contributed by atoms with van der Waals surface area (Å²) in [7, 11) is -0.670. The first-order valence-corrected chi connectivity index (χ1v) is 7.67. The number of hydrogen-bond acceptors (Lipinski definition) is 3. The Morgan fingerprint density at radius 1 is 1.32 bits per heavy atom. The zero-order valence-electron chi connectivity index (χ0n) is 10.8. The highest BCUT2D eigenvalue weighted by Gasteiger charge is 2.26. The van der Waals surface area contributed by atoms with E-state index in [1.807, 2.05) is 0 Å². The summed E-state index contributed by atoms with van der Waals surface area (Å²) in [4.78, 5) is 13.9. The van der Waals surface area contributed by atoms with E-state index >= 15 is 0 Å². The van der Waals surface area contributed by atoms with Gasteiger partial charge in [-0.2, -0.15) is 0 Å². The zero-order chi connectivity index (χ0) is 14.2. The number of likely N-dealkylation sites (tertiary alicyclic amines) is 1. The number of halogens is 1. The van der Waals surface area contributed by atoms with Gasteiger partial charge in [-0.3, -0.25) is 4.79 Å². The van der Waals surface area contributed by atoms with Crippen LogP contribution in [0.2, 0.25) is 5.02 Å². The van der Waals surface area contributed by atoms with Crippen molar-refractivity contribution in [1.29, 1.82) is 0 Å². The molecule has 5 nitrogen and oxygen atoms in total. The molecule has 0 aliphatic carbocycles. The molecule has 0 radical (unpaired) electrons. The third-order valence-electron chi connectivity index (χ3n) is 3.09. The maximum absolute atomic E-state index is 12.1. The molecule has 0 N–H and O–H groups in total. The third-order valence-corrected chi connectivity index (χ3v) is 5.23. The fraction of sp³-hybridized carbons (Fsp3) is 0.417. The lowest BCUT2D eigenvalue weighted by molar-refractivity contribution is 0.0652. The van der Waals surface area contributed by atoms with Gasteiger partial charge in [-0.1, -0.05) is 11.6 Å². The Morgan fingerprint density at radius 3 is 2.42 bits per heavy atom. The molecule has 7 heteroatoms. The lowest BCUT2D eigenvalue weighted by atomic mass is 10.1. The van der Waals surface area contributed by atoms with Gasteiger partial charge in [0.15, 0.2) is 0 Å². The zero-order valence-corrected chi connectivity index (χ0v) is 12.3.